The maximum Gasteiger partial charge on any atom is 0.288 e. The lowest BCUT2D eigenvalue weighted by atomic mass is 10.2. The number of benzene rings is 1. The number of hydrogen-bond donors (Lipinski definition) is 0. The molecular weight excluding hydrogens is 302 g/mol. The van der Waals surface area contributed by atoms with Crippen molar-refractivity contribution in [1.29, 1.82) is 0 Å². The minimum atomic E-state index is -0.608. The standard InChI is InChI=1S/C8H3Br2NO2/c9-5-1-2-7(10)6(3-5)8(13)11-4-12/h1-3H. The Kier molecular flexibility index (Phi) is 3.54. The Balaban J connectivity index is 3.20. The zero-order valence-electron chi connectivity index (χ0n) is 6.25. The maximum absolute atomic E-state index is 11.1. The fourth-order valence-corrected chi connectivity index (χ4v) is 1.54. The van der Waals surface area contributed by atoms with E-state index in [1.165, 1.54) is 6.08 Å². The Morgan fingerprint density at radius 2 is 2.08 bits per heavy atom. The van der Waals surface area contributed by atoms with E-state index in [-0.39, 0.29) is 0 Å². The third kappa shape index (κ3) is 2.59. The Morgan fingerprint density at radius 3 is 2.69 bits per heavy atom. The van der Waals surface area contributed by atoms with Gasteiger partial charge in [-0.1, -0.05) is 15.9 Å². The Hall–Kier alpha value is -0.770. The Labute approximate surface area is 91.1 Å². The molecule has 66 valence electrons. The van der Waals surface area contributed by atoms with Crippen LogP contribution in [-0.4, -0.2) is 12.0 Å². The summed E-state index contributed by atoms with van der Waals surface area (Å²) in [4.78, 5) is 24.0. The average Bonchev–Trinajstić information content (AvgIpc) is 2.09. The van der Waals surface area contributed by atoms with E-state index >= 15 is 0 Å². The highest BCUT2D eigenvalue weighted by Gasteiger charge is 2.08. The van der Waals surface area contributed by atoms with Gasteiger partial charge in [0.25, 0.3) is 5.91 Å². The molecule has 1 amide bonds. The van der Waals surface area contributed by atoms with Crippen LogP contribution in [0.3, 0.4) is 0 Å². The summed E-state index contributed by atoms with van der Waals surface area (Å²) in [5.74, 6) is -0.608. The van der Waals surface area contributed by atoms with Crippen molar-refractivity contribution < 1.29 is 9.59 Å². The van der Waals surface area contributed by atoms with Gasteiger partial charge in [-0.15, -0.1) is 4.99 Å². The maximum atomic E-state index is 11.1. The van der Waals surface area contributed by atoms with E-state index in [0.29, 0.717) is 10.0 Å². The zero-order valence-corrected chi connectivity index (χ0v) is 9.42. The SMILES string of the molecule is O=C=NC(=O)c1cc(Br)ccc1Br. The minimum absolute atomic E-state index is 0.331. The average molecular weight is 305 g/mol. The molecule has 1 aromatic rings. The summed E-state index contributed by atoms with van der Waals surface area (Å²) in [5, 5.41) is 0. The van der Waals surface area contributed by atoms with Gasteiger partial charge in [0.2, 0.25) is 6.08 Å². The van der Waals surface area contributed by atoms with Gasteiger partial charge in [-0.05, 0) is 34.1 Å². The molecule has 0 bridgehead atoms. The van der Waals surface area contributed by atoms with Crippen LogP contribution in [0.25, 0.3) is 0 Å². The fraction of sp³-hybridized carbons (Fsp3) is 0. The van der Waals surface area contributed by atoms with Crippen molar-refractivity contribution in [1.82, 2.24) is 0 Å². The van der Waals surface area contributed by atoms with E-state index in [2.05, 4.69) is 36.9 Å². The van der Waals surface area contributed by atoms with Gasteiger partial charge < -0.3 is 0 Å². The lowest BCUT2D eigenvalue weighted by molar-refractivity contribution is 0.100. The van der Waals surface area contributed by atoms with Crippen LogP contribution in [0.15, 0.2) is 32.1 Å². The summed E-state index contributed by atoms with van der Waals surface area (Å²) in [5.41, 5.74) is 0.331. The molecule has 1 aromatic carbocycles. The predicted octanol–water partition coefficient (Wildman–Crippen LogP) is 2.69. The first-order valence-corrected chi connectivity index (χ1v) is 4.81. The van der Waals surface area contributed by atoms with Crippen molar-refractivity contribution in [2.75, 3.05) is 0 Å². The Morgan fingerprint density at radius 1 is 1.38 bits per heavy atom. The van der Waals surface area contributed by atoms with E-state index < -0.39 is 5.91 Å². The van der Waals surface area contributed by atoms with Crippen LogP contribution in [0.2, 0.25) is 0 Å². The number of carbonyl (C=O) groups excluding carboxylic acids is 2. The number of carbonyl (C=O) groups is 1. The van der Waals surface area contributed by atoms with Crippen LogP contribution in [0.4, 0.5) is 0 Å². The van der Waals surface area contributed by atoms with Crippen LogP contribution >= 0.6 is 31.9 Å². The molecule has 3 nitrogen and oxygen atoms in total. The predicted molar refractivity (Wildman–Crippen MR) is 54.3 cm³/mol. The molecule has 0 heterocycles. The highest BCUT2D eigenvalue weighted by molar-refractivity contribution is 9.11. The minimum Gasteiger partial charge on any atom is -0.266 e. The second-order valence-corrected chi connectivity index (χ2v) is 3.90. The number of isocyanates is 1. The summed E-state index contributed by atoms with van der Waals surface area (Å²) >= 11 is 6.37. The molecule has 5 heteroatoms. The molecule has 0 aliphatic heterocycles. The molecule has 0 spiro atoms. The summed E-state index contributed by atoms with van der Waals surface area (Å²) < 4.78 is 1.35. The van der Waals surface area contributed by atoms with Crippen molar-refractivity contribution in [3.05, 3.63) is 32.7 Å². The van der Waals surface area contributed by atoms with Gasteiger partial charge in [-0.2, -0.15) is 0 Å². The lowest BCUT2D eigenvalue weighted by Gasteiger charge is -1.98. The number of hydrogen-bond acceptors (Lipinski definition) is 2. The van der Waals surface area contributed by atoms with Gasteiger partial charge in [0.05, 0.1) is 5.56 Å². The van der Waals surface area contributed by atoms with Gasteiger partial charge in [0.15, 0.2) is 0 Å². The van der Waals surface area contributed by atoms with Crippen molar-refractivity contribution in [2.45, 2.75) is 0 Å². The summed E-state index contributed by atoms with van der Waals surface area (Å²) in [6.45, 7) is 0. The third-order valence-electron chi connectivity index (χ3n) is 1.31. The van der Waals surface area contributed by atoms with Crippen molar-refractivity contribution in [3.63, 3.8) is 0 Å². The monoisotopic (exact) mass is 303 g/mol. The summed E-state index contributed by atoms with van der Waals surface area (Å²) in [6.07, 6.45) is 1.20. The molecule has 0 unspecified atom stereocenters. The van der Waals surface area contributed by atoms with Gasteiger partial charge in [0.1, 0.15) is 0 Å². The molecule has 0 atom stereocenters. The van der Waals surface area contributed by atoms with E-state index in [4.69, 9.17) is 0 Å². The van der Waals surface area contributed by atoms with Crippen LogP contribution in [0, 0.1) is 0 Å². The molecule has 0 fully saturated rings. The second-order valence-electron chi connectivity index (χ2n) is 2.13. The largest absolute Gasteiger partial charge is 0.288 e. The van der Waals surface area contributed by atoms with Crippen LogP contribution < -0.4 is 0 Å². The zero-order chi connectivity index (χ0) is 9.84. The van der Waals surface area contributed by atoms with Gasteiger partial charge in [0, 0.05) is 8.95 Å². The number of amides is 1. The molecule has 1 rings (SSSR count). The lowest BCUT2D eigenvalue weighted by Crippen LogP contribution is -1.95. The first-order chi connectivity index (χ1) is 6.15. The molecular formula is C8H3Br2NO2. The van der Waals surface area contributed by atoms with E-state index in [1.54, 1.807) is 18.2 Å². The van der Waals surface area contributed by atoms with Crippen LogP contribution in [0.5, 0.6) is 0 Å². The highest BCUT2D eigenvalue weighted by Crippen LogP contribution is 2.21. The quantitative estimate of drug-likeness (QED) is 0.591. The third-order valence-corrected chi connectivity index (χ3v) is 2.49. The van der Waals surface area contributed by atoms with Crippen LogP contribution in [-0.2, 0) is 4.79 Å². The van der Waals surface area contributed by atoms with Crippen molar-refractivity contribution >= 4 is 43.8 Å². The molecule has 0 saturated carbocycles. The van der Waals surface area contributed by atoms with Crippen molar-refractivity contribution in [3.8, 4) is 0 Å². The van der Waals surface area contributed by atoms with Gasteiger partial charge in [-0.25, -0.2) is 4.79 Å². The van der Waals surface area contributed by atoms with E-state index in [1.807, 2.05) is 0 Å². The van der Waals surface area contributed by atoms with Crippen molar-refractivity contribution in [2.24, 2.45) is 4.99 Å². The molecule has 0 aromatic heterocycles. The smallest absolute Gasteiger partial charge is 0.266 e. The number of rotatable bonds is 1. The molecule has 0 saturated heterocycles. The molecule has 0 aliphatic rings. The molecule has 13 heavy (non-hydrogen) atoms. The second kappa shape index (κ2) is 4.46. The fourth-order valence-electron chi connectivity index (χ4n) is 0.763. The Bertz CT molecular complexity index is 397. The molecule has 0 N–H and O–H groups in total. The molecule has 0 radical (unpaired) electrons. The topological polar surface area (TPSA) is 46.5 Å². The normalized spacial score (nSPS) is 9.08. The molecule has 0 aliphatic carbocycles. The number of halogens is 2. The number of aliphatic imine (C=N–C) groups is 1. The summed E-state index contributed by atoms with van der Waals surface area (Å²) in [7, 11) is 0. The highest BCUT2D eigenvalue weighted by atomic mass is 79.9. The summed E-state index contributed by atoms with van der Waals surface area (Å²) in [6, 6.07) is 5.04. The van der Waals surface area contributed by atoms with E-state index in [0.717, 1.165) is 4.47 Å². The van der Waals surface area contributed by atoms with Crippen LogP contribution in [0.1, 0.15) is 10.4 Å². The van der Waals surface area contributed by atoms with Gasteiger partial charge in [-0.3, -0.25) is 4.79 Å². The first kappa shape index (κ1) is 10.3. The van der Waals surface area contributed by atoms with E-state index in [9.17, 15) is 9.59 Å². The number of nitrogens with zero attached hydrogens (tertiary/aromatic N) is 1. The first-order valence-electron chi connectivity index (χ1n) is 3.22. The van der Waals surface area contributed by atoms with Gasteiger partial charge >= 0.3 is 0 Å².